The lowest BCUT2D eigenvalue weighted by Gasteiger charge is -2.33. The number of hydrogen-bond donors (Lipinski definition) is 1. The third-order valence-corrected chi connectivity index (χ3v) is 4.43. The Balaban J connectivity index is 1.87. The van der Waals surface area contributed by atoms with Crippen molar-refractivity contribution in [2.45, 2.75) is 13.0 Å². The number of hydrogen-bond acceptors (Lipinski definition) is 5. The van der Waals surface area contributed by atoms with Crippen LogP contribution in [0.15, 0.2) is 42.7 Å². The summed E-state index contributed by atoms with van der Waals surface area (Å²) in [5, 5.41) is 15.1. The van der Waals surface area contributed by atoms with Crippen LogP contribution in [0.3, 0.4) is 0 Å². The third-order valence-electron chi connectivity index (χ3n) is 4.43. The fourth-order valence-electron chi connectivity index (χ4n) is 3.10. The van der Waals surface area contributed by atoms with Gasteiger partial charge in [-0.3, -0.25) is 4.98 Å². The average Bonchev–Trinajstić information content (AvgIpc) is 3.02. The summed E-state index contributed by atoms with van der Waals surface area (Å²) in [5.41, 5.74) is 2.92. The second-order valence-electron chi connectivity index (χ2n) is 6.09. The number of aromatic nitrogens is 3. The lowest BCUT2D eigenvalue weighted by atomic mass is 10.2. The van der Waals surface area contributed by atoms with E-state index in [1.165, 1.54) is 0 Å². The molecule has 128 valence electrons. The van der Waals surface area contributed by atoms with E-state index >= 15 is 0 Å². The Morgan fingerprint density at radius 2 is 2.08 bits per heavy atom. The van der Waals surface area contributed by atoms with Crippen molar-refractivity contribution in [2.75, 3.05) is 24.7 Å². The SMILES string of the molecule is Cc1ccc(-n2nc(N3CCOCC3C(=O)O)c3ccncc32)cc1. The van der Waals surface area contributed by atoms with Crippen molar-refractivity contribution in [3.63, 3.8) is 0 Å². The molecule has 0 aliphatic carbocycles. The summed E-state index contributed by atoms with van der Waals surface area (Å²) in [7, 11) is 0. The van der Waals surface area contributed by atoms with Crippen LogP contribution in [-0.2, 0) is 9.53 Å². The summed E-state index contributed by atoms with van der Waals surface area (Å²) in [4.78, 5) is 17.6. The average molecular weight is 338 g/mol. The van der Waals surface area contributed by atoms with Crippen LogP contribution >= 0.6 is 0 Å². The van der Waals surface area contributed by atoms with E-state index in [9.17, 15) is 9.90 Å². The minimum absolute atomic E-state index is 0.152. The molecule has 0 spiro atoms. The van der Waals surface area contributed by atoms with Gasteiger partial charge in [-0.05, 0) is 25.1 Å². The van der Waals surface area contributed by atoms with Crippen LogP contribution in [0, 0.1) is 6.92 Å². The van der Waals surface area contributed by atoms with E-state index in [-0.39, 0.29) is 6.61 Å². The topological polar surface area (TPSA) is 80.5 Å². The predicted octanol–water partition coefficient (Wildman–Crippen LogP) is 2.02. The lowest BCUT2D eigenvalue weighted by Crippen LogP contribution is -2.50. The van der Waals surface area contributed by atoms with Gasteiger partial charge in [0.05, 0.1) is 30.6 Å². The molecular weight excluding hydrogens is 320 g/mol. The van der Waals surface area contributed by atoms with Gasteiger partial charge in [-0.25, -0.2) is 9.48 Å². The highest BCUT2D eigenvalue weighted by Gasteiger charge is 2.32. The van der Waals surface area contributed by atoms with Crippen LogP contribution in [0.25, 0.3) is 16.6 Å². The van der Waals surface area contributed by atoms with E-state index in [1.807, 2.05) is 41.9 Å². The van der Waals surface area contributed by atoms with Gasteiger partial charge in [0, 0.05) is 18.1 Å². The monoisotopic (exact) mass is 338 g/mol. The number of carbonyl (C=O) groups is 1. The smallest absolute Gasteiger partial charge is 0.328 e. The summed E-state index contributed by atoms with van der Waals surface area (Å²) in [6.07, 6.45) is 3.45. The van der Waals surface area contributed by atoms with Crippen molar-refractivity contribution < 1.29 is 14.6 Å². The largest absolute Gasteiger partial charge is 0.480 e. The number of morpholine rings is 1. The quantitative estimate of drug-likeness (QED) is 0.787. The van der Waals surface area contributed by atoms with Gasteiger partial charge in [0.2, 0.25) is 0 Å². The summed E-state index contributed by atoms with van der Waals surface area (Å²) in [6, 6.07) is 9.16. The number of carboxylic acid groups (broad SMARTS) is 1. The van der Waals surface area contributed by atoms with Gasteiger partial charge in [0.1, 0.15) is 0 Å². The second kappa shape index (κ2) is 6.18. The maximum Gasteiger partial charge on any atom is 0.328 e. The number of ether oxygens (including phenoxy) is 1. The minimum atomic E-state index is -0.910. The van der Waals surface area contributed by atoms with E-state index in [2.05, 4.69) is 4.98 Å². The number of aliphatic carboxylic acids is 1. The maximum absolute atomic E-state index is 11.6. The number of fused-ring (bicyclic) bond motifs is 1. The minimum Gasteiger partial charge on any atom is -0.480 e. The zero-order chi connectivity index (χ0) is 17.4. The second-order valence-corrected chi connectivity index (χ2v) is 6.09. The molecule has 3 heterocycles. The molecule has 1 N–H and O–H groups in total. The highest BCUT2D eigenvalue weighted by Crippen LogP contribution is 2.30. The van der Waals surface area contributed by atoms with Crippen LogP contribution in [0.2, 0.25) is 0 Å². The molecule has 0 bridgehead atoms. The summed E-state index contributed by atoms with van der Waals surface area (Å²) >= 11 is 0. The van der Waals surface area contributed by atoms with Crippen molar-refractivity contribution in [3.05, 3.63) is 48.3 Å². The zero-order valence-electron chi connectivity index (χ0n) is 13.8. The number of carboxylic acids is 1. The van der Waals surface area contributed by atoms with Gasteiger partial charge in [-0.1, -0.05) is 17.7 Å². The first-order chi connectivity index (χ1) is 12.1. The fraction of sp³-hybridized carbons (Fsp3) is 0.278. The molecule has 7 heteroatoms. The van der Waals surface area contributed by atoms with Crippen LogP contribution < -0.4 is 4.90 Å². The molecule has 1 saturated heterocycles. The normalized spacial score (nSPS) is 17.8. The lowest BCUT2D eigenvalue weighted by molar-refractivity contribution is -0.141. The Hall–Kier alpha value is -2.93. The number of rotatable bonds is 3. The number of nitrogens with zero attached hydrogens (tertiary/aromatic N) is 4. The molecule has 1 aromatic carbocycles. The van der Waals surface area contributed by atoms with E-state index in [1.54, 1.807) is 17.3 Å². The third kappa shape index (κ3) is 2.72. The molecule has 1 aliphatic heterocycles. The Morgan fingerprint density at radius 3 is 2.84 bits per heavy atom. The van der Waals surface area contributed by atoms with Gasteiger partial charge in [0.15, 0.2) is 11.9 Å². The number of aryl methyl sites for hydroxylation is 1. The van der Waals surface area contributed by atoms with Gasteiger partial charge in [-0.15, -0.1) is 5.10 Å². The zero-order valence-corrected chi connectivity index (χ0v) is 13.8. The molecule has 3 aromatic rings. The van der Waals surface area contributed by atoms with E-state index in [0.717, 1.165) is 22.2 Å². The van der Waals surface area contributed by atoms with Gasteiger partial charge < -0.3 is 14.7 Å². The molecule has 4 rings (SSSR count). The first-order valence-corrected chi connectivity index (χ1v) is 8.12. The Labute approximate surface area is 144 Å². The predicted molar refractivity (Wildman–Crippen MR) is 93.2 cm³/mol. The molecule has 1 aliphatic rings. The number of benzene rings is 1. The molecule has 1 unspecified atom stereocenters. The standard InChI is InChI=1S/C18H18N4O3/c1-12-2-4-13(5-3-12)22-15-10-19-7-6-14(15)17(20-22)21-8-9-25-11-16(21)18(23)24/h2-7,10,16H,8-9,11H2,1H3,(H,23,24). The van der Waals surface area contributed by atoms with Crippen LogP contribution in [0.4, 0.5) is 5.82 Å². The molecule has 0 amide bonds. The van der Waals surface area contributed by atoms with Crippen LogP contribution in [-0.4, -0.2) is 51.6 Å². The Morgan fingerprint density at radius 1 is 1.28 bits per heavy atom. The van der Waals surface area contributed by atoms with E-state index in [4.69, 9.17) is 9.84 Å². The highest BCUT2D eigenvalue weighted by atomic mass is 16.5. The molecule has 7 nitrogen and oxygen atoms in total. The Bertz CT molecular complexity index is 920. The fourth-order valence-corrected chi connectivity index (χ4v) is 3.10. The van der Waals surface area contributed by atoms with Crippen LogP contribution in [0.5, 0.6) is 0 Å². The first kappa shape index (κ1) is 15.6. The summed E-state index contributed by atoms with van der Waals surface area (Å²) in [6.45, 7) is 3.15. The van der Waals surface area contributed by atoms with Crippen molar-refractivity contribution in [3.8, 4) is 5.69 Å². The highest BCUT2D eigenvalue weighted by molar-refractivity contribution is 5.93. The molecule has 0 radical (unpaired) electrons. The Kier molecular flexibility index (Phi) is 3.85. The maximum atomic E-state index is 11.6. The van der Waals surface area contributed by atoms with Crippen LogP contribution in [0.1, 0.15) is 5.56 Å². The van der Waals surface area contributed by atoms with Gasteiger partial charge in [-0.2, -0.15) is 0 Å². The van der Waals surface area contributed by atoms with E-state index in [0.29, 0.717) is 19.0 Å². The van der Waals surface area contributed by atoms with Crippen molar-refractivity contribution in [1.29, 1.82) is 0 Å². The molecule has 2 aromatic heterocycles. The summed E-state index contributed by atoms with van der Waals surface area (Å²) < 4.78 is 7.15. The van der Waals surface area contributed by atoms with Crippen molar-refractivity contribution in [1.82, 2.24) is 14.8 Å². The number of anilines is 1. The first-order valence-electron chi connectivity index (χ1n) is 8.12. The van der Waals surface area contributed by atoms with E-state index < -0.39 is 12.0 Å². The molecule has 1 fully saturated rings. The molecule has 1 atom stereocenters. The molecule has 0 saturated carbocycles. The van der Waals surface area contributed by atoms with Crippen molar-refractivity contribution >= 4 is 22.7 Å². The van der Waals surface area contributed by atoms with Crippen molar-refractivity contribution in [2.24, 2.45) is 0 Å². The summed E-state index contributed by atoms with van der Waals surface area (Å²) in [5.74, 6) is -0.263. The van der Waals surface area contributed by atoms with Gasteiger partial charge in [0.25, 0.3) is 0 Å². The molecule has 25 heavy (non-hydrogen) atoms. The molecular formula is C18H18N4O3. The van der Waals surface area contributed by atoms with Gasteiger partial charge >= 0.3 is 5.97 Å². The number of pyridine rings is 1.